The topological polar surface area (TPSA) is 67.7 Å². The van der Waals surface area contributed by atoms with Gasteiger partial charge in [-0.2, -0.15) is 5.10 Å². The highest BCUT2D eigenvalue weighted by Gasteiger charge is 2.35. The SMILES string of the molecule is CC(C)(C)C(=O)N1CCc2c(c(C(=O)N3CCOCC3)nn2CCc2ccccc2)C1. The molecular formula is C24H32N4O3. The quantitative estimate of drug-likeness (QED) is 0.757. The van der Waals surface area contributed by atoms with E-state index in [0.717, 1.165) is 30.6 Å². The fraction of sp³-hybridized carbons (Fsp3) is 0.542. The molecular weight excluding hydrogens is 392 g/mol. The van der Waals surface area contributed by atoms with Gasteiger partial charge in [0.25, 0.3) is 5.91 Å². The van der Waals surface area contributed by atoms with Crippen molar-refractivity contribution in [1.82, 2.24) is 19.6 Å². The molecule has 2 amide bonds. The minimum absolute atomic E-state index is 0.0527. The molecule has 0 aliphatic carbocycles. The van der Waals surface area contributed by atoms with Crippen molar-refractivity contribution in [3.63, 3.8) is 0 Å². The van der Waals surface area contributed by atoms with Gasteiger partial charge in [-0.25, -0.2) is 0 Å². The number of hydrogen-bond donors (Lipinski definition) is 0. The van der Waals surface area contributed by atoms with Gasteiger partial charge in [-0.1, -0.05) is 51.1 Å². The van der Waals surface area contributed by atoms with Crippen LogP contribution < -0.4 is 0 Å². The Morgan fingerprint density at radius 1 is 1.03 bits per heavy atom. The van der Waals surface area contributed by atoms with Crippen LogP contribution in [0.3, 0.4) is 0 Å². The van der Waals surface area contributed by atoms with Crippen molar-refractivity contribution in [1.29, 1.82) is 0 Å². The lowest BCUT2D eigenvalue weighted by atomic mass is 9.93. The van der Waals surface area contributed by atoms with Crippen molar-refractivity contribution in [2.24, 2.45) is 5.41 Å². The van der Waals surface area contributed by atoms with E-state index in [0.29, 0.717) is 45.1 Å². The molecule has 0 spiro atoms. The maximum absolute atomic E-state index is 13.3. The summed E-state index contributed by atoms with van der Waals surface area (Å²) in [7, 11) is 0. The Hall–Kier alpha value is -2.67. The van der Waals surface area contributed by atoms with Crippen molar-refractivity contribution in [2.45, 2.75) is 46.7 Å². The summed E-state index contributed by atoms with van der Waals surface area (Å²) >= 11 is 0. The molecule has 166 valence electrons. The van der Waals surface area contributed by atoms with Crippen LogP contribution in [0.1, 0.15) is 48.1 Å². The monoisotopic (exact) mass is 424 g/mol. The van der Waals surface area contributed by atoms with Gasteiger partial charge in [0.15, 0.2) is 5.69 Å². The van der Waals surface area contributed by atoms with E-state index < -0.39 is 5.41 Å². The molecule has 0 unspecified atom stereocenters. The van der Waals surface area contributed by atoms with Crippen LogP contribution in [0.5, 0.6) is 0 Å². The van der Waals surface area contributed by atoms with Crippen LogP contribution in [-0.2, 0) is 35.5 Å². The number of aryl methyl sites for hydroxylation is 2. The standard InChI is InChI=1S/C24H32N4O3/c1-24(2,3)23(30)27-11-10-20-19(17-27)21(22(29)26-13-15-31-16-14-26)25-28(20)12-9-18-7-5-4-6-8-18/h4-8H,9-17H2,1-3H3. The Morgan fingerprint density at radius 3 is 2.42 bits per heavy atom. The predicted octanol–water partition coefficient (Wildman–Crippen LogP) is 2.53. The Balaban J connectivity index is 1.62. The number of fused-ring (bicyclic) bond motifs is 1. The van der Waals surface area contributed by atoms with E-state index >= 15 is 0 Å². The molecule has 31 heavy (non-hydrogen) atoms. The summed E-state index contributed by atoms with van der Waals surface area (Å²) in [6, 6.07) is 10.3. The van der Waals surface area contributed by atoms with Crippen LogP contribution in [0, 0.1) is 5.41 Å². The first-order chi connectivity index (χ1) is 14.8. The fourth-order valence-corrected chi connectivity index (χ4v) is 4.29. The molecule has 4 rings (SSSR count). The zero-order valence-corrected chi connectivity index (χ0v) is 18.8. The lowest BCUT2D eigenvalue weighted by molar-refractivity contribution is -0.140. The van der Waals surface area contributed by atoms with E-state index in [4.69, 9.17) is 9.84 Å². The van der Waals surface area contributed by atoms with Gasteiger partial charge in [0, 0.05) is 55.8 Å². The number of benzene rings is 1. The first-order valence-electron chi connectivity index (χ1n) is 11.1. The van der Waals surface area contributed by atoms with Gasteiger partial charge in [0.05, 0.1) is 13.2 Å². The smallest absolute Gasteiger partial charge is 0.274 e. The van der Waals surface area contributed by atoms with Gasteiger partial charge in [-0.3, -0.25) is 14.3 Å². The average Bonchev–Trinajstić information content (AvgIpc) is 3.15. The molecule has 1 aromatic heterocycles. The summed E-state index contributed by atoms with van der Waals surface area (Å²) in [5.41, 5.74) is 3.29. The lowest BCUT2D eigenvalue weighted by Gasteiger charge is -2.33. The molecule has 0 N–H and O–H groups in total. The Morgan fingerprint density at radius 2 is 1.74 bits per heavy atom. The molecule has 7 heteroatoms. The van der Waals surface area contributed by atoms with Gasteiger partial charge >= 0.3 is 0 Å². The number of carbonyl (C=O) groups is 2. The van der Waals surface area contributed by atoms with Crippen LogP contribution in [0.25, 0.3) is 0 Å². The lowest BCUT2D eigenvalue weighted by Crippen LogP contribution is -2.44. The maximum Gasteiger partial charge on any atom is 0.274 e. The summed E-state index contributed by atoms with van der Waals surface area (Å²) in [4.78, 5) is 29.9. The Kier molecular flexibility index (Phi) is 6.14. The minimum atomic E-state index is -0.449. The summed E-state index contributed by atoms with van der Waals surface area (Å²) in [6.07, 6.45) is 1.57. The molecule has 2 aliphatic rings. The number of hydrogen-bond acceptors (Lipinski definition) is 4. The fourth-order valence-electron chi connectivity index (χ4n) is 4.29. The van der Waals surface area contributed by atoms with E-state index in [1.54, 1.807) is 0 Å². The molecule has 2 aliphatic heterocycles. The van der Waals surface area contributed by atoms with Gasteiger partial charge in [-0.05, 0) is 12.0 Å². The largest absolute Gasteiger partial charge is 0.378 e. The maximum atomic E-state index is 13.3. The van der Waals surface area contributed by atoms with Gasteiger partial charge in [0.1, 0.15) is 0 Å². The molecule has 1 saturated heterocycles. The first kappa shape index (κ1) is 21.6. The zero-order chi connectivity index (χ0) is 22.0. The van der Waals surface area contributed by atoms with E-state index in [1.165, 1.54) is 5.56 Å². The summed E-state index contributed by atoms with van der Waals surface area (Å²) in [5.74, 6) is 0.0584. The summed E-state index contributed by atoms with van der Waals surface area (Å²) in [6.45, 7) is 9.90. The van der Waals surface area contributed by atoms with E-state index in [1.807, 2.05) is 53.5 Å². The van der Waals surface area contributed by atoms with Crippen molar-refractivity contribution < 1.29 is 14.3 Å². The number of amides is 2. The zero-order valence-electron chi connectivity index (χ0n) is 18.8. The van der Waals surface area contributed by atoms with Crippen LogP contribution in [0.4, 0.5) is 0 Å². The third kappa shape index (κ3) is 4.66. The summed E-state index contributed by atoms with van der Waals surface area (Å²) < 4.78 is 7.40. The molecule has 0 saturated carbocycles. The molecule has 0 bridgehead atoms. The first-order valence-corrected chi connectivity index (χ1v) is 11.1. The van der Waals surface area contributed by atoms with Crippen molar-refractivity contribution >= 4 is 11.8 Å². The van der Waals surface area contributed by atoms with Gasteiger partial charge in [0.2, 0.25) is 5.91 Å². The highest BCUT2D eigenvalue weighted by molar-refractivity contribution is 5.94. The van der Waals surface area contributed by atoms with Crippen LogP contribution in [0.15, 0.2) is 30.3 Å². The van der Waals surface area contributed by atoms with E-state index in [-0.39, 0.29) is 11.8 Å². The van der Waals surface area contributed by atoms with Crippen LogP contribution in [0.2, 0.25) is 0 Å². The van der Waals surface area contributed by atoms with Gasteiger partial charge < -0.3 is 14.5 Å². The number of morpholine rings is 1. The molecule has 0 radical (unpaired) electrons. The molecule has 1 aromatic carbocycles. The Labute approximate surface area is 184 Å². The Bertz CT molecular complexity index is 940. The van der Waals surface area contributed by atoms with Crippen LogP contribution in [-0.4, -0.2) is 64.2 Å². The van der Waals surface area contributed by atoms with E-state index in [2.05, 4.69) is 12.1 Å². The molecule has 7 nitrogen and oxygen atoms in total. The highest BCUT2D eigenvalue weighted by Crippen LogP contribution is 2.28. The van der Waals surface area contributed by atoms with Crippen molar-refractivity contribution in [3.8, 4) is 0 Å². The normalized spacial score (nSPS) is 16.9. The highest BCUT2D eigenvalue weighted by atomic mass is 16.5. The third-order valence-electron chi connectivity index (χ3n) is 6.02. The number of ether oxygens (including phenoxy) is 1. The second-order valence-corrected chi connectivity index (χ2v) is 9.36. The number of rotatable bonds is 4. The number of nitrogens with zero attached hydrogens (tertiary/aromatic N) is 4. The molecule has 0 atom stereocenters. The molecule has 1 fully saturated rings. The van der Waals surface area contributed by atoms with E-state index in [9.17, 15) is 9.59 Å². The molecule has 2 aromatic rings. The van der Waals surface area contributed by atoms with Gasteiger partial charge in [-0.15, -0.1) is 0 Å². The third-order valence-corrected chi connectivity index (χ3v) is 6.02. The second kappa shape index (κ2) is 8.83. The molecule has 3 heterocycles. The number of aromatic nitrogens is 2. The van der Waals surface area contributed by atoms with Crippen molar-refractivity contribution in [3.05, 3.63) is 52.8 Å². The summed E-state index contributed by atoms with van der Waals surface area (Å²) in [5, 5.41) is 4.78. The second-order valence-electron chi connectivity index (χ2n) is 9.36. The van der Waals surface area contributed by atoms with Crippen molar-refractivity contribution in [2.75, 3.05) is 32.8 Å². The number of carbonyl (C=O) groups excluding carboxylic acids is 2. The minimum Gasteiger partial charge on any atom is -0.378 e. The van der Waals surface area contributed by atoms with Crippen LogP contribution >= 0.6 is 0 Å². The average molecular weight is 425 g/mol. The predicted molar refractivity (Wildman–Crippen MR) is 118 cm³/mol.